The van der Waals surface area contributed by atoms with E-state index >= 15 is 0 Å². The molecule has 1 N–H and O–H groups in total. The average molecular weight is 388 g/mol. The van der Waals surface area contributed by atoms with Crippen LogP contribution in [0.4, 0.5) is 5.69 Å². The lowest BCUT2D eigenvalue weighted by Crippen LogP contribution is -2.25. The number of carbonyl (C=O) groups excluding carboxylic acids is 1. The molecule has 146 valence electrons. The molecule has 7 nitrogen and oxygen atoms in total. The van der Waals surface area contributed by atoms with Crippen molar-refractivity contribution in [1.82, 2.24) is 14.2 Å². The summed E-state index contributed by atoms with van der Waals surface area (Å²) in [6.07, 6.45) is 0. The lowest BCUT2D eigenvalue weighted by Gasteiger charge is -2.12. The second-order valence-corrected chi connectivity index (χ2v) is 6.66. The van der Waals surface area contributed by atoms with Gasteiger partial charge in [0.25, 0.3) is 11.5 Å². The van der Waals surface area contributed by atoms with Crippen LogP contribution >= 0.6 is 0 Å². The molecule has 1 amide bonds. The zero-order chi connectivity index (χ0) is 20.4. The zero-order valence-corrected chi connectivity index (χ0v) is 16.1. The van der Waals surface area contributed by atoms with E-state index in [2.05, 4.69) is 10.3 Å². The minimum Gasteiger partial charge on any atom is -0.497 e. The van der Waals surface area contributed by atoms with Gasteiger partial charge in [-0.15, -0.1) is 0 Å². The number of fused-ring (bicyclic) bond motifs is 1. The van der Waals surface area contributed by atoms with Gasteiger partial charge in [0, 0.05) is 23.5 Å². The fourth-order valence-electron chi connectivity index (χ4n) is 3.22. The lowest BCUT2D eigenvalue weighted by atomic mass is 10.2. The Hall–Kier alpha value is -3.87. The molecule has 7 heteroatoms. The molecule has 2 aromatic carbocycles. The van der Waals surface area contributed by atoms with Crippen LogP contribution in [0.3, 0.4) is 0 Å². The Morgan fingerprint density at radius 1 is 1.07 bits per heavy atom. The van der Waals surface area contributed by atoms with E-state index in [4.69, 9.17) is 4.74 Å². The van der Waals surface area contributed by atoms with Gasteiger partial charge in [-0.2, -0.15) is 4.52 Å². The topological polar surface area (TPSA) is 77.6 Å². The Labute approximate surface area is 167 Å². The summed E-state index contributed by atoms with van der Waals surface area (Å²) < 4.78 is 8.23. The number of nitrogens with one attached hydrogen (secondary N) is 1. The number of carbonyl (C=O) groups is 1. The third-order valence-corrected chi connectivity index (χ3v) is 4.59. The lowest BCUT2D eigenvalue weighted by molar-refractivity contribution is 0.101. The molecule has 4 aromatic rings. The second kappa shape index (κ2) is 7.63. The van der Waals surface area contributed by atoms with Gasteiger partial charge in [-0.3, -0.25) is 14.3 Å². The fraction of sp³-hybridized carbons (Fsp3) is 0.136. The van der Waals surface area contributed by atoms with Crippen molar-refractivity contribution in [1.29, 1.82) is 0 Å². The van der Waals surface area contributed by atoms with E-state index in [1.165, 1.54) is 10.6 Å². The molecule has 0 aliphatic carbocycles. The summed E-state index contributed by atoms with van der Waals surface area (Å²) in [5.74, 6) is 0.376. The van der Waals surface area contributed by atoms with E-state index in [0.29, 0.717) is 35.0 Å². The molecule has 2 aromatic heterocycles. The van der Waals surface area contributed by atoms with Crippen molar-refractivity contribution in [2.45, 2.75) is 13.5 Å². The first-order chi connectivity index (χ1) is 14.0. The standard InChI is InChI=1S/C22H20N4O3/c1-15-12-21(27)26-20(23-15)13-19(25(26)14-16-6-4-3-5-7-16)22(28)24-17-8-10-18(29-2)11-9-17/h3-13H,14H2,1-2H3,(H,24,28). The molecule has 0 saturated heterocycles. The Morgan fingerprint density at radius 2 is 1.79 bits per heavy atom. The minimum absolute atomic E-state index is 0.230. The molecule has 0 bridgehead atoms. The SMILES string of the molecule is COc1ccc(NC(=O)c2cc3nc(C)cc(=O)n3n2Cc2ccccc2)cc1. The fourth-order valence-corrected chi connectivity index (χ4v) is 3.22. The largest absolute Gasteiger partial charge is 0.497 e. The van der Waals surface area contributed by atoms with E-state index < -0.39 is 0 Å². The molecule has 0 aliphatic heterocycles. The van der Waals surface area contributed by atoms with E-state index in [0.717, 1.165) is 5.56 Å². The third kappa shape index (κ3) is 3.75. The van der Waals surface area contributed by atoms with Crippen LogP contribution < -0.4 is 15.6 Å². The van der Waals surface area contributed by atoms with Gasteiger partial charge in [-0.25, -0.2) is 4.98 Å². The number of aryl methyl sites for hydroxylation is 1. The number of amides is 1. The van der Waals surface area contributed by atoms with Crippen LogP contribution in [0.25, 0.3) is 5.65 Å². The van der Waals surface area contributed by atoms with Crippen molar-refractivity contribution >= 4 is 17.2 Å². The normalized spacial score (nSPS) is 10.8. The number of hydrogen-bond acceptors (Lipinski definition) is 4. The molecule has 4 rings (SSSR count). The molecular weight excluding hydrogens is 368 g/mol. The Balaban J connectivity index is 1.77. The predicted molar refractivity (Wildman–Crippen MR) is 111 cm³/mol. The Bertz CT molecular complexity index is 1220. The summed E-state index contributed by atoms with van der Waals surface area (Å²) in [5.41, 5.74) is 2.76. The van der Waals surface area contributed by atoms with Crippen LogP contribution in [0.1, 0.15) is 21.7 Å². The maximum Gasteiger partial charge on any atom is 0.273 e. The number of anilines is 1. The summed E-state index contributed by atoms with van der Waals surface area (Å²) in [6, 6.07) is 19.8. The second-order valence-electron chi connectivity index (χ2n) is 6.66. The van der Waals surface area contributed by atoms with Gasteiger partial charge in [0.15, 0.2) is 5.65 Å². The van der Waals surface area contributed by atoms with Crippen molar-refractivity contribution in [2.24, 2.45) is 0 Å². The van der Waals surface area contributed by atoms with Crippen LogP contribution in [0.15, 0.2) is 71.5 Å². The van der Waals surface area contributed by atoms with Crippen LogP contribution in [0.5, 0.6) is 5.75 Å². The van der Waals surface area contributed by atoms with Gasteiger partial charge in [0.05, 0.1) is 13.7 Å². The molecule has 0 aliphatic rings. The van der Waals surface area contributed by atoms with Gasteiger partial charge >= 0.3 is 0 Å². The molecule has 0 radical (unpaired) electrons. The minimum atomic E-state index is -0.325. The summed E-state index contributed by atoms with van der Waals surface area (Å²) in [7, 11) is 1.59. The van der Waals surface area contributed by atoms with Crippen LogP contribution in [0.2, 0.25) is 0 Å². The van der Waals surface area contributed by atoms with E-state index in [9.17, 15) is 9.59 Å². The number of ether oxygens (including phenoxy) is 1. The van der Waals surface area contributed by atoms with Crippen molar-refractivity contribution in [3.05, 3.63) is 94.0 Å². The molecule has 0 fully saturated rings. The van der Waals surface area contributed by atoms with Crippen molar-refractivity contribution < 1.29 is 9.53 Å². The Morgan fingerprint density at radius 3 is 2.48 bits per heavy atom. The highest BCUT2D eigenvalue weighted by atomic mass is 16.5. The molecule has 0 saturated carbocycles. The van der Waals surface area contributed by atoms with Gasteiger partial charge in [-0.05, 0) is 36.8 Å². The predicted octanol–water partition coefficient (Wildman–Crippen LogP) is 3.11. The summed E-state index contributed by atoms with van der Waals surface area (Å²) in [6.45, 7) is 2.12. The number of benzene rings is 2. The number of aromatic nitrogens is 3. The highest BCUT2D eigenvalue weighted by molar-refractivity contribution is 6.03. The summed E-state index contributed by atoms with van der Waals surface area (Å²) >= 11 is 0. The van der Waals surface area contributed by atoms with Crippen LogP contribution in [-0.2, 0) is 6.54 Å². The maximum absolute atomic E-state index is 13.0. The smallest absolute Gasteiger partial charge is 0.273 e. The quantitative estimate of drug-likeness (QED) is 0.570. The third-order valence-electron chi connectivity index (χ3n) is 4.59. The van der Waals surface area contributed by atoms with Crippen molar-refractivity contribution in [2.75, 3.05) is 12.4 Å². The first-order valence-electron chi connectivity index (χ1n) is 9.15. The van der Waals surface area contributed by atoms with Gasteiger partial charge < -0.3 is 10.1 Å². The van der Waals surface area contributed by atoms with Gasteiger partial charge in [-0.1, -0.05) is 30.3 Å². The zero-order valence-electron chi connectivity index (χ0n) is 16.1. The molecule has 0 spiro atoms. The highest BCUT2D eigenvalue weighted by Crippen LogP contribution is 2.17. The first kappa shape index (κ1) is 18.5. The maximum atomic E-state index is 13.0. The monoisotopic (exact) mass is 388 g/mol. The average Bonchev–Trinajstić information content (AvgIpc) is 3.07. The van der Waals surface area contributed by atoms with E-state index in [-0.39, 0.29) is 11.5 Å². The first-order valence-corrected chi connectivity index (χ1v) is 9.15. The van der Waals surface area contributed by atoms with E-state index in [1.807, 2.05) is 30.3 Å². The van der Waals surface area contributed by atoms with Gasteiger partial charge in [0.2, 0.25) is 0 Å². The number of nitrogens with zero attached hydrogens (tertiary/aromatic N) is 3. The van der Waals surface area contributed by atoms with Gasteiger partial charge in [0.1, 0.15) is 11.4 Å². The molecule has 0 atom stereocenters. The molecule has 2 heterocycles. The molecular formula is C22H20N4O3. The van der Waals surface area contributed by atoms with Crippen molar-refractivity contribution in [3.63, 3.8) is 0 Å². The van der Waals surface area contributed by atoms with E-state index in [1.54, 1.807) is 49.0 Å². The van der Waals surface area contributed by atoms with Crippen molar-refractivity contribution in [3.8, 4) is 5.75 Å². The highest BCUT2D eigenvalue weighted by Gasteiger charge is 2.18. The van der Waals surface area contributed by atoms with Crippen LogP contribution in [-0.4, -0.2) is 27.2 Å². The molecule has 29 heavy (non-hydrogen) atoms. The van der Waals surface area contributed by atoms with Crippen LogP contribution in [0, 0.1) is 6.92 Å². The Kier molecular flexibility index (Phi) is 4.87. The number of hydrogen-bond donors (Lipinski definition) is 1. The number of rotatable bonds is 5. The number of methoxy groups -OCH3 is 1. The summed E-state index contributed by atoms with van der Waals surface area (Å²) in [5, 5.41) is 2.87. The summed E-state index contributed by atoms with van der Waals surface area (Å²) in [4.78, 5) is 30.1. The molecule has 0 unspecified atom stereocenters.